The summed E-state index contributed by atoms with van der Waals surface area (Å²) >= 11 is 0. The second kappa shape index (κ2) is 5.71. The second-order valence-electron chi connectivity index (χ2n) is 7.16. The van der Waals surface area contributed by atoms with Crippen molar-refractivity contribution in [1.82, 2.24) is 4.31 Å². The van der Waals surface area contributed by atoms with E-state index in [-0.39, 0.29) is 5.41 Å². The van der Waals surface area contributed by atoms with Gasteiger partial charge >= 0.3 is 0 Å². The Kier molecular flexibility index (Phi) is 3.77. The van der Waals surface area contributed by atoms with Gasteiger partial charge in [-0.15, -0.1) is 0 Å². The lowest BCUT2D eigenvalue weighted by molar-refractivity contribution is 0.190. The lowest BCUT2D eigenvalue weighted by Gasteiger charge is -2.40. The van der Waals surface area contributed by atoms with Crippen molar-refractivity contribution in [3.8, 4) is 0 Å². The molecule has 0 aromatic heterocycles. The monoisotopic (exact) mass is 341 g/mol. The van der Waals surface area contributed by atoms with E-state index in [9.17, 15) is 8.42 Å². The van der Waals surface area contributed by atoms with Crippen molar-refractivity contribution >= 4 is 20.8 Å². The van der Waals surface area contributed by atoms with E-state index in [0.717, 1.165) is 42.9 Å². The third-order valence-electron chi connectivity index (χ3n) is 5.79. The van der Waals surface area contributed by atoms with Crippen molar-refractivity contribution < 1.29 is 8.42 Å². The van der Waals surface area contributed by atoms with E-state index in [0.29, 0.717) is 18.0 Å². The third kappa shape index (κ3) is 2.40. The highest BCUT2D eigenvalue weighted by Gasteiger charge is 2.44. The van der Waals surface area contributed by atoms with Gasteiger partial charge in [-0.25, -0.2) is 8.42 Å². The summed E-state index contributed by atoms with van der Waals surface area (Å²) in [6.45, 7) is 5.46. The summed E-state index contributed by atoms with van der Waals surface area (Å²) in [5.41, 5.74) is 1.26. The van der Waals surface area contributed by atoms with E-state index in [4.69, 9.17) is 0 Å². The van der Waals surface area contributed by atoms with Gasteiger partial charge in [0.05, 0.1) is 4.90 Å². The molecule has 4 heteroatoms. The number of rotatable bonds is 2. The molecule has 1 spiro atoms. The van der Waals surface area contributed by atoms with Crippen molar-refractivity contribution in [1.29, 1.82) is 0 Å². The quantitative estimate of drug-likeness (QED) is 0.762. The van der Waals surface area contributed by atoms with E-state index in [1.807, 2.05) is 36.4 Å². The molecule has 0 amide bonds. The molecule has 1 aliphatic carbocycles. The van der Waals surface area contributed by atoms with Gasteiger partial charge in [-0.3, -0.25) is 0 Å². The molecule has 1 heterocycles. The summed E-state index contributed by atoms with van der Waals surface area (Å²) < 4.78 is 28.4. The Morgan fingerprint density at radius 2 is 1.75 bits per heavy atom. The Bertz CT molecular complexity index is 897. The molecule has 3 nitrogen and oxygen atoms in total. The zero-order valence-electron chi connectivity index (χ0n) is 13.9. The summed E-state index contributed by atoms with van der Waals surface area (Å²) in [6.07, 6.45) is 5.26. The predicted octanol–water partition coefficient (Wildman–Crippen LogP) is 4.35. The average molecular weight is 341 g/mol. The first kappa shape index (κ1) is 15.9. The molecule has 126 valence electrons. The maximum Gasteiger partial charge on any atom is 0.243 e. The number of piperidine rings is 1. The van der Waals surface area contributed by atoms with E-state index >= 15 is 0 Å². The van der Waals surface area contributed by atoms with Crippen molar-refractivity contribution in [3.63, 3.8) is 0 Å². The van der Waals surface area contributed by atoms with Gasteiger partial charge in [0.2, 0.25) is 10.0 Å². The molecule has 0 N–H and O–H groups in total. The van der Waals surface area contributed by atoms with Crippen molar-refractivity contribution in [2.45, 2.75) is 37.0 Å². The van der Waals surface area contributed by atoms with Gasteiger partial charge in [0.1, 0.15) is 0 Å². The van der Waals surface area contributed by atoms with Crippen LogP contribution in [0.1, 0.15) is 32.1 Å². The van der Waals surface area contributed by atoms with E-state index in [1.165, 1.54) is 5.57 Å². The summed E-state index contributed by atoms with van der Waals surface area (Å²) in [7, 11) is -3.48. The molecule has 4 rings (SSSR count). The Morgan fingerprint density at radius 3 is 2.54 bits per heavy atom. The molecular weight excluding hydrogens is 318 g/mol. The minimum absolute atomic E-state index is 0.00983. The largest absolute Gasteiger partial charge is 0.243 e. The third-order valence-corrected chi connectivity index (χ3v) is 7.70. The first-order valence-electron chi connectivity index (χ1n) is 8.69. The number of nitrogens with zero attached hydrogens (tertiary/aromatic N) is 1. The van der Waals surface area contributed by atoms with Crippen LogP contribution in [0.2, 0.25) is 0 Å². The molecule has 1 saturated carbocycles. The van der Waals surface area contributed by atoms with Crippen LogP contribution in [-0.4, -0.2) is 25.8 Å². The average Bonchev–Trinajstić information content (AvgIpc) is 2.94. The van der Waals surface area contributed by atoms with Crippen LogP contribution in [0.25, 0.3) is 10.8 Å². The van der Waals surface area contributed by atoms with Gasteiger partial charge in [-0.1, -0.05) is 48.6 Å². The fourth-order valence-corrected chi connectivity index (χ4v) is 6.21. The second-order valence-corrected chi connectivity index (χ2v) is 9.06. The number of hydrogen-bond acceptors (Lipinski definition) is 2. The van der Waals surface area contributed by atoms with E-state index < -0.39 is 10.0 Å². The molecule has 2 aliphatic rings. The van der Waals surface area contributed by atoms with Crippen LogP contribution in [0.5, 0.6) is 0 Å². The van der Waals surface area contributed by atoms with Crippen LogP contribution < -0.4 is 0 Å². The lowest BCUT2D eigenvalue weighted by Crippen LogP contribution is -2.45. The molecule has 1 atom stereocenters. The molecule has 0 radical (unpaired) electrons. The fourth-order valence-electron chi connectivity index (χ4n) is 4.43. The molecule has 2 aromatic rings. The Morgan fingerprint density at radius 1 is 1.00 bits per heavy atom. The molecule has 0 unspecified atom stereocenters. The summed E-state index contributed by atoms with van der Waals surface area (Å²) in [5, 5.41) is 1.78. The van der Waals surface area contributed by atoms with Crippen molar-refractivity contribution in [2.75, 3.05) is 13.1 Å². The molecule has 0 bridgehead atoms. The first-order valence-corrected chi connectivity index (χ1v) is 10.1. The van der Waals surface area contributed by atoms with Crippen LogP contribution in [-0.2, 0) is 10.0 Å². The highest BCUT2D eigenvalue weighted by molar-refractivity contribution is 7.89. The minimum atomic E-state index is -3.48. The normalized spacial score (nSPS) is 25.6. The standard InChI is InChI=1S/C20H23NO2S/c1-16-7-5-12-20(16)13-6-14-21(15-20)24(22,23)19-11-4-9-17-8-2-3-10-18(17)19/h2-4,8-11H,1,5-7,12-15H2/t20-/m1/s1. The summed E-state index contributed by atoms with van der Waals surface area (Å²) in [5.74, 6) is 0. The first-order chi connectivity index (χ1) is 11.5. The Balaban J connectivity index is 1.76. The van der Waals surface area contributed by atoms with Crippen LogP contribution in [0.4, 0.5) is 0 Å². The van der Waals surface area contributed by atoms with Crippen LogP contribution in [0, 0.1) is 5.41 Å². The molecule has 2 fully saturated rings. The van der Waals surface area contributed by atoms with Gasteiger partial charge in [-0.05, 0) is 43.6 Å². The maximum atomic E-state index is 13.3. The Hall–Kier alpha value is -1.65. The number of fused-ring (bicyclic) bond motifs is 1. The van der Waals surface area contributed by atoms with E-state index in [2.05, 4.69) is 6.58 Å². The Labute approximate surface area is 144 Å². The number of benzene rings is 2. The molecule has 1 aliphatic heterocycles. The lowest BCUT2D eigenvalue weighted by atomic mass is 9.77. The summed E-state index contributed by atoms with van der Waals surface area (Å²) in [4.78, 5) is 0.432. The SMILES string of the molecule is C=C1CCC[C@]12CCCN(S(=O)(=O)c1cccc3ccccc13)C2. The maximum absolute atomic E-state index is 13.3. The van der Waals surface area contributed by atoms with Crippen molar-refractivity contribution in [3.05, 3.63) is 54.6 Å². The molecule has 2 aromatic carbocycles. The van der Waals surface area contributed by atoms with Crippen molar-refractivity contribution in [2.24, 2.45) is 5.41 Å². The highest BCUT2D eigenvalue weighted by atomic mass is 32.2. The highest BCUT2D eigenvalue weighted by Crippen LogP contribution is 2.48. The van der Waals surface area contributed by atoms with Gasteiger partial charge in [0, 0.05) is 23.9 Å². The molecule has 24 heavy (non-hydrogen) atoms. The van der Waals surface area contributed by atoms with Gasteiger partial charge in [0.25, 0.3) is 0 Å². The zero-order valence-corrected chi connectivity index (χ0v) is 14.7. The van der Waals surface area contributed by atoms with Gasteiger partial charge in [0.15, 0.2) is 0 Å². The number of sulfonamides is 1. The zero-order chi connectivity index (χ0) is 16.8. The molecular formula is C20H23NO2S. The van der Waals surface area contributed by atoms with Gasteiger partial charge < -0.3 is 0 Å². The number of hydrogen-bond donors (Lipinski definition) is 0. The molecule has 1 saturated heterocycles. The van der Waals surface area contributed by atoms with Crippen LogP contribution in [0.3, 0.4) is 0 Å². The summed E-state index contributed by atoms with van der Waals surface area (Å²) in [6, 6.07) is 13.2. The smallest absolute Gasteiger partial charge is 0.207 e. The topological polar surface area (TPSA) is 37.4 Å². The fraction of sp³-hybridized carbons (Fsp3) is 0.400. The van der Waals surface area contributed by atoms with E-state index in [1.54, 1.807) is 10.4 Å². The van der Waals surface area contributed by atoms with Crippen LogP contribution in [0.15, 0.2) is 59.5 Å². The van der Waals surface area contributed by atoms with Crippen LogP contribution >= 0.6 is 0 Å². The van der Waals surface area contributed by atoms with Gasteiger partial charge in [-0.2, -0.15) is 4.31 Å². The minimum Gasteiger partial charge on any atom is -0.207 e. The predicted molar refractivity (Wildman–Crippen MR) is 97.4 cm³/mol.